The van der Waals surface area contributed by atoms with Crippen LogP contribution in [0.4, 0.5) is 0 Å². The Morgan fingerprint density at radius 3 is 2.85 bits per heavy atom. The summed E-state index contributed by atoms with van der Waals surface area (Å²) in [6, 6.07) is 11.6. The highest BCUT2D eigenvalue weighted by molar-refractivity contribution is 7.99. The topological polar surface area (TPSA) is 15.3 Å². The first-order valence-corrected chi connectivity index (χ1v) is 8.95. The average Bonchev–Trinajstić information content (AvgIpc) is 2.97. The molecule has 2 nitrogen and oxygen atoms in total. The molecule has 0 amide bonds. The largest absolute Gasteiger partial charge is 0.305 e. The van der Waals surface area contributed by atoms with E-state index in [4.69, 9.17) is 0 Å². The molecule has 1 N–H and O–H groups in total. The second kappa shape index (κ2) is 6.08. The molecule has 3 unspecified atom stereocenters. The minimum atomic E-state index is 0.0967. The summed E-state index contributed by atoms with van der Waals surface area (Å²) in [6.45, 7) is 8.20. The Bertz CT molecular complexity index is 430. The van der Waals surface area contributed by atoms with Gasteiger partial charge in [-0.3, -0.25) is 4.90 Å². The molecule has 20 heavy (non-hydrogen) atoms. The van der Waals surface area contributed by atoms with E-state index in [1.165, 1.54) is 30.0 Å². The molecule has 110 valence electrons. The molecular formula is C17H26N2S. The van der Waals surface area contributed by atoms with Crippen molar-refractivity contribution in [1.29, 1.82) is 0 Å². The van der Waals surface area contributed by atoms with Crippen LogP contribution in [0.25, 0.3) is 0 Å². The van der Waals surface area contributed by atoms with Crippen LogP contribution in [0, 0.1) is 5.92 Å². The van der Waals surface area contributed by atoms with Crippen LogP contribution in [0.2, 0.25) is 0 Å². The van der Waals surface area contributed by atoms with Crippen LogP contribution in [0.1, 0.15) is 25.8 Å². The normalized spacial score (nSPS) is 35.3. The predicted molar refractivity (Wildman–Crippen MR) is 88.3 cm³/mol. The number of thioether (sulfide) groups is 1. The highest BCUT2D eigenvalue weighted by atomic mass is 32.2. The zero-order chi connectivity index (χ0) is 14.0. The molecule has 1 aromatic carbocycles. The van der Waals surface area contributed by atoms with Crippen LogP contribution in [-0.2, 0) is 5.54 Å². The second-order valence-corrected chi connectivity index (χ2v) is 7.74. The fourth-order valence-electron chi connectivity index (χ4n) is 3.42. The molecule has 1 aromatic rings. The third kappa shape index (κ3) is 3.05. The maximum absolute atomic E-state index is 3.77. The molecule has 0 bridgehead atoms. The molecule has 0 saturated carbocycles. The lowest BCUT2D eigenvalue weighted by molar-refractivity contribution is 0.0821. The van der Waals surface area contributed by atoms with Gasteiger partial charge >= 0.3 is 0 Å². The zero-order valence-corrected chi connectivity index (χ0v) is 13.5. The number of hydrogen-bond donors (Lipinski definition) is 1. The van der Waals surface area contributed by atoms with Gasteiger partial charge in [0.1, 0.15) is 0 Å². The Kier molecular flexibility index (Phi) is 4.39. The number of nitrogens with zero attached hydrogens (tertiary/aromatic N) is 1. The number of nitrogens with one attached hydrogen (secondary N) is 1. The Morgan fingerprint density at radius 1 is 1.35 bits per heavy atom. The summed E-state index contributed by atoms with van der Waals surface area (Å²) in [5, 5.41) is 3.77. The summed E-state index contributed by atoms with van der Waals surface area (Å²) in [7, 11) is 0. The molecule has 2 aliphatic heterocycles. The van der Waals surface area contributed by atoms with Crippen molar-refractivity contribution in [2.24, 2.45) is 5.92 Å². The first kappa shape index (κ1) is 14.4. The van der Waals surface area contributed by atoms with Gasteiger partial charge in [-0.2, -0.15) is 11.8 Å². The summed E-state index contributed by atoms with van der Waals surface area (Å²) in [6.07, 6.45) is 1.41. The summed E-state index contributed by atoms with van der Waals surface area (Å²) < 4.78 is 0. The number of piperazine rings is 1. The van der Waals surface area contributed by atoms with Crippen molar-refractivity contribution in [1.82, 2.24) is 10.2 Å². The molecular weight excluding hydrogens is 264 g/mol. The van der Waals surface area contributed by atoms with E-state index in [0.717, 1.165) is 19.0 Å². The van der Waals surface area contributed by atoms with Gasteiger partial charge in [0.25, 0.3) is 0 Å². The van der Waals surface area contributed by atoms with Gasteiger partial charge in [0, 0.05) is 25.7 Å². The van der Waals surface area contributed by atoms with Crippen LogP contribution >= 0.6 is 11.8 Å². The fourth-order valence-corrected chi connectivity index (χ4v) is 4.69. The van der Waals surface area contributed by atoms with E-state index in [9.17, 15) is 0 Å². The van der Waals surface area contributed by atoms with Gasteiger partial charge in [-0.25, -0.2) is 0 Å². The summed E-state index contributed by atoms with van der Waals surface area (Å²) in [4.78, 5) is 2.71. The van der Waals surface area contributed by atoms with Gasteiger partial charge < -0.3 is 5.32 Å². The Morgan fingerprint density at radius 2 is 2.15 bits per heavy atom. The molecule has 3 atom stereocenters. The van der Waals surface area contributed by atoms with Gasteiger partial charge in [0.15, 0.2) is 0 Å². The van der Waals surface area contributed by atoms with Crippen molar-refractivity contribution in [3.8, 4) is 0 Å². The molecule has 2 aliphatic rings. The average molecular weight is 290 g/mol. The summed E-state index contributed by atoms with van der Waals surface area (Å²) >= 11 is 2.13. The molecule has 2 heterocycles. The lowest BCUT2D eigenvalue weighted by atomic mass is 9.88. The molecule has 0 spiro atoms. The summed E-state index contributed by atoms with van der Waals surface area (Å²) in [5.74, 6) is 3.63. The molecule has 2 saturated heterocycles. The van der Waals surface area contributed by atoms with Crippen LogP contribution in [0.5, 0.6) is 0 Å². The predicted octanol–water partition coefficient (Wildman–Crippen LogP) is 2.95. The van der Waals surface area contributed by atoms with Crippen molar-refractivity contribution in [3.05, 3.63) is 35.9 Å². The monoisotopic (exact) mass is 290 g/mol. The minimum absolute atomic E-state index is 0.0967. The summed E-state index contributed by atoms with van der Waals surface area (Å²) in [5.41, 5.74) is 1.51. The standard InChI is InChI=1S/C17H26N2S/c1-14-10-18-17(2,16-6-4-3-5-7-16)13-19(14)11-15-8-9-20-12-15/h3-7,14-15,18H,8-13H2,1-2H3. The molecule has 3 rings (SSSR count). The fraction of sp³-hybridized carbons (Fsp3) is 0.647. The smallest absolute Gasteiger partial charge is 0.0535 e. The number of benzene rings is 1. The highest BCUT2D eigenvalue weighted by Crippen LogP contribution is 2.29. The Balaban J connectivity index is 1.71. The van der Waals surface area contributed by atoms with Gasteiger partial charge in [0.2, 0.25) is 0 Å². The quantitative estimate of drug-likeness (QED) is 0.921. The van der Waals surface area contributed by atoms with Gasteiger partial charge in [-0.05, 0) is 43.3 Å². The van der Waals surface area contributed by atoms with E-state index in [2.05, 4.69) is 66.2 Å². The van der Waals surface area contributed by atoms with Crippen molar-refractivity contribution >= 4 is 11.8 Å². The van der Waals surface area contributed by atoms with E-state index in [-0.39, 0.29) is 5.54 Å². The van der Waals surface area contributed by atoms with E-state index in [1.54, 1.807) is 0 Å². The van der Waals surface area contributed by atoms with Gasteiger partial charge in [-0.1, -0.05) is 30.3 Å². The zero-order valence-electron chi connectivity index (χ0n) is 12.6. The van der Waals surface area contributed by atoms with Crippen molar-refractivity contribution < 1.29 is 0 Å². The maximum Gasteiger partial charge on any atom is 0.0535 e. The van der Waals surface area contributed by atoms with E-state index in [0.29, 0.717) is 6.04 Å². The Hall–Kier alpha value is -0.510. The Labute approximate surface area is 127 Å². The molecule has 2 fully saturated rings. The van der Waals surface area contributed by atoms with E-state index < -0.39 is 0 Å². The van der Waals surface area contributed by atoms with Crippen LogP contribution in [0.3, 0.4) is 0 Å². The second-order valence-electron chi connectivity index (χ2n) is 6.59. The minimum Gasteiger partial charge on any atom is -0.305 e. The SMILES string of the molecule is CC1CNC(C)(c2ccccc2)CN1CC1CCSC1. The van der Waals surface area contributed by atoms with Gasteiger partial charge in [0.05, 0.1) is 5.54 Å². The van der Waals surface area contributed by atoms with Crippen molar-refractivity contribution in [2.45, 2.75) is 31.8 Å². The van der Waals surface area contributed by atoms with Crippen molar-refractivity contribution in [3.63, 3.8) is 0 Å². The molecule has 0 aliphatic carbocycles. The number of rotatable bonds is 3. The molecule has 0 aromatic heterocycles. The third-order valence-electron chi connectivity index (χ3n) is 4.86. The lowest BCUT2D eigenvalue weighted by Crippen LogP contribution is -2.61. The maximum atomic E-state index is 3.77. The van der Waals surface area contributed by atoms with E-state index >= 15 is 0 Å². The first-order chi connectivity index (χ1) is 9.67. The highest BCUT2D eigenvalue weighted by Gasteiger charge is 2.36. The van der Waals surface area contributed by atoms with Crippen molar-refractivity contribution in [2.75, 3.05) is 31.1 Å². The third-order valence-corrected chi connectivity index (χ3v) is 6.09. The number of hydrogen-bond acceptors (Lipinski definition) is 3. The molecule has 3 heteroatoms. The first-order valence-electron chi connectivity index (χ1n) is 7.80. The lowest BCUT2D eigenvalue weighted by Gasteiger charge is -2.46. The van der Waals surface area contributed by atoms with Gasteiger partial charge in [-0.15, -0.1) is 0 Å². The van der Waals surface area contributed by atoms with Crippen LogP contribution < -0.4 is 5.32 Å². The van der Waals surface area contributed by atoms with Crippen LogP contribution in [0.15, 0.2) is 30.3 Å². The van der Waals surface area contributed by atoms with E-state index in [1.807, 2.05) is 0 Å². The molecule has 0 radical (unpaired) electrons. The van der Waals surface area contributed by atoms with Crippen LogP contribution in [-0.4, -0.2) is 42.1 Å².